The third-order valence-electron chi connectivity index (χ3n) is 3.95. The zero-order valence-electron chi connectivity index (χ0n) is 11.3. The summed E-state index contributed by atoms with van der Waals surface area (Å²) in [5, 5.41) is 18.5. The van der Waals surface area contributed by atoms with Crippen molar-refractivity contribution in [1.82, 2.24) is 0 Å². The lowest BCUT2D eigenvalue weighted by Crippen LogP contribution is -2.32. The van der Waals surface area contributed by atoms with Crippen LogP contribution in [0.25, 0.3) is 0 Å². The summed E-state index contributed by atoms with van der Waals surface area (Å²) in [5.41, 5.74) is 0.987. The summed E-state index contributed by atoms with van der Waals surface area (Å²) >= 11 is 0. The number of phenolic OH excluding ortho intramolecular Hbond substituents is 1. The Labute approximate surface area is 114 Å². The number of hydrogen-bond donors (Lipinski definition) is 2. The Kier molecular flexibility index (Phi) is 4.38. The molecule has 1 aliphatic rings. The second-order valence-electron chi connectivity index (χ2n) is 5.21. The summed E-state index contributed by atoms with van der Waals surface area (Å²) < 4.78 is 0. The molecule has 3 nitrogen and oxygen atoms in total. The van der Waals surface area contributed by atoms with Gasteiger partial charge in [-0.1, -0.05) is 25.1 Å². The van der Waals surface area contributed by atoms with E-state index in [1.165, 1.54) is 5.56 Å². The van der Waals surface area contributed by atoms with Crippen LogP contribution in [0.5, 0.6) is 5.75 Å². The second-order valence-corrected chi connectivity index (χ2v) is 5.21. The van der Waals surface area contributed by atoms with Crippen molar-refractivity contribution in [3.63, 3.8) is 0 Å². The molecular formula is C16H21NO2. The van der Waals surface area contributed by atoms with E-state index in [1.807, 2.05) is 24.4 Å². The summed E-state index contributed by atoms with van der Waals surface area (Å²) in [6, 6.07) is 7.34. The number of allylic oxidation sites excluding steroid dienone is 1. The molecule has 0 spiro atoms. The van der Waals surface area contributed by atoms with Crippen LogP contribution in [0.15, 0.2) is 41.4 Å². The highest BCUT2D eigenvalue weighted by atomic mass is 16.3. The van der Waals surface area contributed by atoms with Crippen molar-refractivity contribution in [2.45, 2.75) is 31.7 Å². The Morgan fingerprint density at radius 1 is 1.26 bits per heavy atom. The Morgan fingerprint density at radius 2 is 2.00 bits per heavy atom. The van der Waals surface area contributed by atoms with E-state index in [9.17, 15) is 10.2 Å². The predicted molar refractivity (Wildman–Crippen MR) is 77.7 cm³/mol. The first-order valence-corrected chi connectivity index (χ1v) is 6.78. The number of aliphatic hydroxyl groups is 1. The lowest BCUT2D eigenvalue weighted by atomic mass is 9.80. The van der Waals surface area contributed by atoms with Crippen LogP contribution in [0, 0.1) is 5.92 Å². The van der Waals surface area contributed by atoms with Crippen LogP contribution < -0.4 is 0 Å². The van der Waals surface area contributed by atoms with Gasteiger partial charge < -0.3 is 10.2 Å². The van der Waals surface area contributed by atoms with Crippen molar-refractivity contribution in [3.8, 4) is 5.75 Å². The van der Waals surface area contributed by atoms with E-state index in [0.717, 1.165) is 12.8 Å². The first-order chi connectivity index (χ1) is 9.16. The molecule has 1 aliphatic heterocycles. The Morgan fingerprint density at radius 3 is 2.58 bits per heavy atom. The number of nitrogens with zero attached hydrogens (tertiary/aromatic N) is 1. The summed E-state index contributed by atoms with van der Waals surface area (Å²) in [4.78, 5) is 4.55. The monoisotopic (exact) mass is 259 g/mol. The number of aromatic hydroxyl groups is 1. The molecule has 2 unspecified atom stereocenters. The van der Waals surface area contributed by atoms with Gasteiger partial charge >= 0.3 is 0 Å². The van der Waals surface area contributed by atoms with Gasteiger partial charge in [-0.3, -0.25) is 4.99 Å². The number of aryl methyl sites for hydroxylation is 1. The molecule has 1 aromatic rings. The van der Waals surface area contributed by atoms with Gasteiger partial charge in [-0.15, -0.1) is 0 Å². The molecule has 0 fully saturated rings. The highest BCUT2D eigenvalue weighted by Crippen LogP contribution is 2.33. The van der Waals surface area contributed by atoms with Crippen LogP contribution in [0.1, 0.15) is 25.3 Å². The maximum Gasteiger partial charge on any atom is 0.115 e. The van der Waals surface area contributed by atoms with Gasteiger partial charge in [0.2, 0.25) is 0 Å². The summed E-state index contributed by atoms with van der Waals surface area (Å²) in [5.74, 6) is 0.681. The molecule has 3 heteroatoms. The minimum atomic E-state index is -0.230. The van der Waals surface area contributed by atoms with Crippen LogP contribution in [0.4, 0.5) is 0 Å². The molecule has 2 rings (SSSR count). The highest BCUT2D eigenvalue weighted by Gasteiger charge is 2.33. The Bertz CT molecular complexity index is 450. The van der Waals surface area contributed by atoms with E-state index in [4.69, 9.17) is 0 Å². The van der Waals surface area contributed by atoms with Gasteiger partial charge in [-0.25, -0.2) is 0 Å². The van der Waals surface area contributed by atoms with E-state index < -0.39 is 0 Å². The van der Waals surface area contributed by atoms with E-state index in [-0.39, 0.29) is 12.1 Å². The number of rotatable bonds is 6. The van der Waals surface area contributed by atoms with Gasteiger partial charge in [-0.05, 0) is 49.0 Å². The molecule has 2 N–H and O–H groups in total. The van der Waals surface area contributed by atoms with Gasteiger partial charge in [0.15, 0.2) is 0 Å². The maximum absolute atomic E-state index is 9.26. The lowest BCUT2D eigenvalue weighted by molar-refractivity contribution is 0.224. The van der Waals surface area contributed by atoms with Crippen LogP contribution in [0.2, 0.25) is 0 Å². The molecule has 0 aliphatic carbocycles. The Balaban J connectivity index is 1.96. The zero-order chi connectivity index (χ0) is 13.7. The predicted octanol–water partition coefficient (Wildman–Crippen LogP) is 2.72. The van der Waals surface area contributed by atoms with Crippen LogP contribution in [-0.4, -0.2) is 28.6 Å². The normalized spacial score (nSPS) is 22.8. The first kappa shape index (κ1) is 13.8. The summed E-state index contributed by atoms with van der Waals surface area (Å²) in [6.45, 7) is 2.34. The molecule has 0 radical (unpaired) electrons. The fourth-order valence-corrected chi connectivity index (χ4v) is 2.60. The van der Waals surface area contributed by atoms with Crippen molar-refractivity contribution in [2.75, 3.05) is 6.61 Å². The summed E-state index contributed by atoms with van der Waals surface area (Å²) in [6.07, 6.45) is 8.53. The topological polar surface area (TPSA) is 52.8 Å². The third kappa shape index (κ3) is 3.24. The molecule has 1 heterocycles. The molecule has 0 aromatic heterocycles. The zero-order valence-corrected chi connectivity index (χ0v) is 11.3. The fourth-order valence-electron chi connectivity index (χ4n) is 2.60. The van der Waals surface area contributed by atoms with Crippen molar-refractivity contribution >= 4 is 6.21 Å². The van der Waals surface area contributed by atoms with E-state index >= 15 is 0 Å². The molecule has 2 atom stereocenters. The first-order valence-electron chi connectivity index (χ1n) is 6.78. The number of phenols is 1. The molecule has 1 aromatic carbocycles. The molecule has 0 saturated carbocycles. The van der Waals surface area contributed by atoms with Crippen LogP contribution >= 0.6 is 0 Å². The van der Waals surface area contributed by atoms with Crippen molar-refractivity contribution in [2.24, 2.45) is 10.9 Å². The van der Waals surface area contributed by atoms with E-state index in [1.54, 1.807) is 12.1 Å². The molecular weight excluding hydrogens is 238 g/mol. The lowest BCUT2D eigenvalue weighted by Gasteiger charge is -2.30. The minimum Gasteiger partial charge on any atom is -0.508 e. The number of hydrogen-bond acceptors (Lipinski definition) is 3. The molecule has 19 heavy (non-hydrogen) atoms. The standard InChI is InChI=1S/C16H21NO2/c1-13(16(10-12-18)9-2-11-17-16)3-4-14-5-7-15(19)8-6-14/h2,5-9,11,13,18-19H,3-4,10,12H2,1H3. The SMILES string of the molecule is CC(CCc1ccc(O)cc1)C1(CCO)C=CC=N1. The summed E-state index contributed by atoms with van der Waals surface area (Å²) in [7, 11) is 0. The van der Waals surface area contributed by atoms with E-state index in [0.29, 0.717) is 18.1 Å². The maximum atomic E-state index is 9.26. The van der Waals surface area contributed by atoms with E-state index in [2.05, 4.69) is 18.0 Å². The van der Waals surface area contributed by atoms with Gasteiger partial charge in [0, 0.05) is 12.8 Å². The van der Waals surface area contributed by atoms with Crippen molar-refractivity contribution in [3.05, 3.63) is 42.0 Å². The smallest absolute Gasteiger partial charge is 0.115 e. The Hall–Kier alpha value is -1.61. The highest BCUT2D eigenvalue weighted by molar-refractivity contribution is 5.75. The second kappa shape index (κ2) is 6.02. The number of aliphatic hydroxyl groups excluding tert-OH is 1. The third-order valence-corrected chi connectivity index (χ3v) is 3.95. The molecule has 0 bridgehead atoms. The van der Waals surface area contributed by atoms with Gasteiger partial charge in [-0.2, -0.15) is 0 Å². The van der Waals surface area contributed by atoms with Gasteiger partial charge in [0.1, 0.15) is 5.75 Å². The van der Waals surface area contributed by atoms with Gasteiger partial charge in [0.05, 0.1) is 5.54 Å². The average molecular weight is 259 g/mol. The van der Waals surface area contributed by atoms with Crippen molar-refractivity contribution < 1.29 is 10.2 Å². The number of benzene rings is 1. The van der Waals surface area contributed by atoms with Gasteiger partial charge in [0.25, 0.3) is 0 Å². The van der Waals surface area contributed by atoms with Crippen LogP contribution in [0.3, 0.4) is 0 Å². The largest absolute Gasteiger partial charge is 0.508 e. The van der Waals surface area contributed by atoms with Crippen molar-refractivity contribution in [1.29, 1.82) is 0 Å². The molecule has 102 valence electrons. The number of aliphatic imine (C=N–C) groups is 1. The quantitative estimate of drug-likeness (QED) is 0.825. The molecule has 0 saturated heterocycles. The fraction of sp³-hybridized carbons (Fsp3) is 0.438. The average Bonchev–Trinajstić information content (AvgIpc) is 2.88. The minimum absolute atomic E-state index is 0.158. The molecule has 0 amide bonds. The van der Waals surface area contributed by atoms with Crippen LogP contribution in [-0.2, 0) is 6.42 Å².